The Balaban J connectivity index is 0.000000758. The van der Waals surface area contributed by atoms with E-state index >= 15 is 0 Å². The van der Waals surface area contributed by atoms with E-state index in [-0.39, 0.29) is 0 Å². The number of halogens is 2. The molecule has 0 N–H and O–H groups in total. The molecule has 0 bridgehead atoms. The molecule has 0 amide bonds. The van der Waals surface area contributed by atoms with Gasteiger partial charge in [0.25, 0.3) is 0 Å². The van der Waals surface area contributed by atoms with E-state index in [0.717, 1.165) is 6.42 Å². The normalized spacial score (nSPS) is 12.8. The van der Waals surface area contributed by atoms with Crippen LogP contribution in [0.2, 0.25) is 39.3 Å². The minimum atomic E-state index is -1.28. The topological polar surface area (TPSA) is 0 Å². The Morgan fingerprint density at radius 3 is 1.27 bits per heavy atom. The Morgan fingerprint density at radius 2 is 1.00 bits per heavy atom. The van der Waals surface area contributed by atoms with Crippen LogP contribution in [0.25, 0.3) is 11.1 Å². The average molecular weight is 501 g/mol. The van der Waals surface area contributed by atoms with Gasteiger partial charge < -0.3 is 0 Å². The summed E-state index contributed by atoms with van der Waals surface area (Å²) in [5.41, 5.74) is 9.17. The molecule has 2 aromatic carbocycles. The summed E-state index contributed by atoms with van der Waals surface area (Å²) >= 11 is -0.826. The molecule has 0 unspecified atom stereocenters. The summed E-state index contributed by atoms with van der Waals surface area (Å²) in [5.74, 6) is 0. The van der Waals surface area contributed by atoms with E-state index in [0.29, 0.717) is 0 Å². The summed E-state index contributed by atoms with van der Waals surface area (Å²) in [4.78, 5) is 0. The first kappa shape index (κ1) is 22.6. The van der Waals surface area contributed by atoms with Gasteiger partial charge in [0.2, 0.25) is 0 Å². The van der Waals surface area contributed by atoms with Crippen molar-refractivity contribution in [1.82, 2.24) is 0 Å². The van der Waals surface area contributed by atoms with Crippen molar-refractivity contribution in [3.63, 3.8) is 0 Å². The Hall–Kier alpha value is 0.337. The van der Waals surface area contributed by atoms with Crippen LogP contribution in [-0.2, 0) is 27.3 Å². The first-order chi connectivity index (χ1) is 11.9. The van der Waals surface area contributed by atoms with Gasteiger partial charge in [-0.3, -0.25) is 0 Å². The first-order valence-corrected chi connectivity index (χ1v) is 22.5. The number of hydrogen-bond acceptors (Lipinski definition) is 0. The van der Waals surface area contributed by atoms with Crippen LogP contribution in [0.4, 0.5) is 0 Å². The monoisotopic (exact) mass is 498 g/mol. The van der Waals surface area contributed by atoms with Crippen molar-refractivity contribution >= 4 is 43.5 Å². The molecule has 5 heteroatoms. The molecule has 0 nitrogen and oxygen atoms in total. The van der Waals surface area contributed by atoms with Crippen molar-refractivity contribution in [2.75, 3.05) is 0 Å². The van der Waals surface area contributed by atoms with E-state index in [1.165, 1.54) is 22.3 Å². The van der Waals surface area contributed by atoms with Crippen LogP contribution < -0.4 is 10.4 Å². The molecule has 0 heterocycles. The Kier molecular flexibility index (Phi) is 7.29. The summed E-state index contributed by atoms with van der Waals surface area (Å²) in [7, 11) is 7.30. The molecule has 26 heavy (non-hydrogen) atoms. The van der Waals surface area contributed by atoms with Gasteiger partial charge >= 0.3 is 37.9 Å². The fraction of sp³-hybridized carbons (Fsp3) is 0.429. The van der Waals surface area contributed by atoms with Crippen molar-refractivity contribution in [3.8, 4) is 11.1 Å². The molecule has 0 spiro atoms. The van der Waals surface area contributed by atoms with Gasteiger partial charge in [0, 0.05) is 0 Å². The molecule has 3 rings (SSSR count). The van der Waals surface area contributed by atoms with Gasteiger partial charge in [-0.15, -0.1) is 0 Å². The van der Waals surface area contributed by atoms with Gasteiger partial charge in [0.05, 0.1) is 16.1 Å². The van der Waals surface area contributed by atoms with Gasteiger partial charge in [-0.05, 0) is 53.6 Å². The van der Waals surface area contributed by atoms with Gasteiger partial charge in [-0.2, -0.15) is 0 Å². The molecule has 1 aliphatic rings. The van der Waals surface area contributed by atoms with Gasteiger partial charge in [-0.1, -0.05) is 73.9 Å². The van der Waals surface area contributed by atoms with Crippen LogP contribution in [0.1, 0.15) is 22.3 Å². The van der Waals surface area contributed by atoms with Crippen molar-refractivity contribution in [1.29, 1.82) is 0 Å². The van der Waals surface area contributed by atoms with Crippen molar-refractivity contribution in [2.45, 2.75) is 59.6 Å². The second-order valence-corrected chi connectivity index (χ2v) is 23.3. The van der Waals surface area contributed by atoms with Crippen molar-refractivity contribution < 1.29 is 20.8 Å². The number of rotatable bonds is 2. The zero-order chi connectivity index (χ0) is 19.9. The van der Waals surface area contributed by atoms with E-state index in [4.69, 9.17) is 17.0 Å². The van der Waals surface area contributed by atoms with Crippen LogP contribution in [0.15, 0.2) is 24.3 Å². The zero-order valence-electron chi connectivity index (χ0n) is 17.3. The fourth-order valence-corrected chi connectivity index (χ4v) is 6.08. The molecular formula is C21H30Cl2Si2Zr. The first-order valence-electron chi connectivity index (χ1n) is 9.14. The summed E-state index contributed by atoms with van der Waals surface area (Å²) < 4.78 is 0. The fourth-order valence-electron chi connectivity index (χ4n) is 3.63. The van der Waals surface area contributed by atoms with E-state index in [1.54, 1.807) is 21.5 Å². The number of benzene rings is 2. The summed E-state index contributed by atoms with van der Waals surface area (Å²) in [6, 6.07) is 9.97. The third-order valence-electron chi connectivity index (χ3n) is 5.32. The van der Waals surface area contributed by atoms with Crippen molar-refractivity contribution in [3.05, 3.63) is 46.5 Å². The van der Waals surface area contributed by atoms with E-state index in [1.807, 2.05) is 0 Å². The Morgan fingerprint density at radius 1 is 0.692 bits per heavy atom. The predicted octanol–water partition coefficient (Wildman–Crippen LogP) is 6.34. The van der Waals surface area contributed by atoms with Gasteiger partial charge in [0.1, 0.15) is 0 Å². The van der Waals surface area contributed by atoms with Crippen LogP contribution >= 0.6 is 17.0 Å². The van der Waals surface area contributed by atoms with Crippen LogP contribution in [0, 0.1) is 13.8 Å². The quantitative estimate of drug-likeness (QED) is 0.360. The third-order valence-corrected chi connectivity index (χ3v) is 9.36. The van der Waals surface area contributed by atoms with Crippen LogP contribution in [0.5, 0.6) is 0 Å². The Labute approximate surface area is 180 Å². The number of hydrogen-bond donors (Lipinski definition) is 0. The van der Waals surface area contributed by atoms with Crippen LogP contribution in [-0.4, -0.2) is 16.1 Å². The summed E-state index contributed by atoms with van der Waals surface area (Å²) in [6.07, 6.45) is 1.13. The number of fused-ring (bicyclic) bond motifs is 3. The summed E-state index contributed by atoms with van der Waals surface area (Å²) in [6.45, 7) is 19.3. The van der Waals surface area contributed by atoms with Gasteiger partial charge in [0.15, 0.2) is 0 Å². The molecule has 0 saturated carbocycles. The molecule has 0 aromatic heterocycles. The SMILES string of the molecule is Cc1cc([Si](C)(C)C)cc2c1Cc1c(C)cc([Si](C)(C)C)cc1-2.[Cl][Zr][Cl]. The second-order valence-electron chi connectivity index (χ2n) is 9.39. The maximum atomic E-state index is 4.93. The molecule has 0 aliphatic heterocycles. The maximum absolute atomic E-state index is 4.93. The Bertz CT molecular complexity index is 751. The van der Waals surface area contributed by atoms with E-state index in [9.17, 15) is 0 Å². The summed E-state index contributed by atoms with van der Waals surface area (Å²) in [5, 5.41) is 3.19. The second kappa shape index (κ2) is 8.37. The van der Waals surface area contributed by atoms with E-state index in [2.05, 4.69) is 77.4 Å². The molecule has 0 saturated heterocycles. The molecule has 0 fully saturated rings. The predicted molar refractivity (Wildman–Crippen MR) is 122 cm³/mol. The molecule has 0 radical (unpaired) electrons. The standard InChI is InChI=1S/C21H30Si2.2ClH.Zr/c1-14-9-16(22(3,4)5)11-20-18(14)13-19-15(2)10-17(12-21(19)20)23(6,7)8;;;/h9-12H,13H2,1-8H3;2*1H;/q;;;+2/p-2. The molecule has 2 aromatic rings. The van der Waals surface area contributed by atoms with Gasteiger partial charge in [-0.25, -0.2) is 0 Å². The molecule has 1 aliphatic carbocycles. The van der Waals surface area contributed by atoms with Crippen LogP contribution in [0.3, 0.4) is 0 Å². The molecule has 0 atom stereocenters. The van der Waals surface area contributed by atoms with Crippen molar-refractivity contribution in [2.24, 2.45) is 0 Å². The zero-order valence-corrected chi connectivity index (χ0v) is 23.2. The minimum absolute atomic E-state index is 0.826. The molecule has 140 valence electrons. The molecular weight excluding hydrogens is 471 g/mol. The average Bonchev–Trinajstić information content (AvgIpc) is 2.86. The van der Waals surface area contributed by atoms with E-state index < -0.39 is 37.0 Å². The number of aryl methyl sites for hydroxylation is 2. The third kappa shape index (κ3) is 4.84.